The van der Waals surface area contributed by atoms with Gasteiger partial charge in [-0.15, -0.1) is 0 Å². The van der Waals surface area contributed by atoms with E-state index in [1.54, 1.807) is 0 Å². The number of hydrogen-bond donors (Lipinski definition) is 0. The molecule has 23 heavy (non-hydrogen) atoms. The van der Waals surface area contributed by atoms with E-state index < -0.39 is 0 Å². The van der Waals surface area contributed by atoms with E-state index in [2.05, 4.69) is 91.1 Å². The largest absolute Gasteiger partial charge is 0.0813 e. The molecule has 0 heterocycles. The summed E-state index contributed by atoms with van der Waals surface area (Å²) < 4.78 is 0. The zero-order valence-electron chi connectivity index (χ0n) is 13.8. The molecular formula is C23H26. The minimum atomic E-state index is 0.982. The first-order valence-electron chi connectivity index (χ1n) is 8.51. The van der Waals surface area contributed by atoms with Crippen LogP contribution in [0.25, 0.3) is 0 Å². The Morgan fingerprint density at radius 1 is 0.739 bits per heavy atom. The predicted octanol–water partition coefficient (Wildman–Crippen LogP) is 6.51. The van der Waals surface area contributed by atoms with Gasteiger partial charge in [0.15, 0.2) is 0 Å². The van der Waals surface area contributed by atoms with Crippen LogP contribution in [-0.4, -0.2) is 0 Å². The molecule has 0 radical (unpaired) electrons. The van der Waals surface area contributed by atoms with Gasteiger partial charge in [-0.05, 0) is 37.7 Å². The Bertz CT molecular complexity index is 607. The van der Waals surface area contributed by atoms with Gasteiger partial charge in [0.2, 0.25) is 0 Å². The van der Waals surface area contributed by atoms with Gasteiger partial charge in [0.1, 0.15) is 0 Å². The highest BCUT2D eigenvalue weighted by Gasteiger charge is 1.98. The molecule has 0 amide bonds. The number of hydrogen-bond acceptors (Lipinski definition) is 0. The molecule has 0 fully saturated rings. The summed E-state index contributed by atoms with van der Waals surface area (Å²) in [6.45, 7) is 0. The van der Waals surface area contributed by atoms with E-state index in [1.807, 2.05) is 6.07 Å². The van der Waals surface area contributed by atoms with E-state index in [0.29, 0.717) is 0 Å². The normalized spacial score (nSPS) is 16.4. The fourth-order valence-corrected chi connectivity index (χ4v) is 2.48. The second-order valence-electron chi connectivity index (χ2n) is 5.66. The smallest absolute Gasteiger partial charge is 0.00943 e. The Labute approximate surface area is 140 Å². The van der Waals surface area contributed by atoms with Crippen LogP contribution < -0.4 is 0 Å². The molecule has 0 saturated carbocycles. The molecular weight excluding hydrogens is 276 g/mol. The maximum Gasteiger partial charge on any atom is -0.00943 e. The van der Waals surface area contributed by atoms with Gasteiger partial charge in [-0.25, -0.2) is 0 Å². The molecule has 0 aliphatic heterocycles. The van der Waals surface area contributed by atoms with Crippen LogP contribution in [0.15, 0.2) is 103 Å². The van der Waals surface area contributed by atoms with Crippen molar-refractivity contribution in [3.05, 3.63) is 108 Å². The van der Waals surface area contributed by atoms with Crippen LogP contribution in [0.3, 0.4) is 0 Å². The molecule has 0 saturated heterocycles. The Hall–Kier alpha value is -2.34. The van der Waals surface area contributed by atoms with E-state index >= 15 is 0 Å². The van der Waals surface area contributed by atoms with Gasteiger partial charge < -0.3 is 0 Å². The molecule has 1 aliphatic carbocycles. The summed E-state index contributed by atoms with van der Waals surface area (Å²) in [5.41, 5.74) is 2.82. The van der Waals surface area contributed by atoms with Crippen molar-refractivity contribution in [3.63, 3.8) is 0 Å². The fraction of sp³-hybridized carbons (Fsp3) is 0.217. The molecule has 0 unspecified atom stereocenters. The first-order chi connectivity index (χ1) is 11.4. The van der Waals surface area contributed by atoms with Crippen LogP contribution in [0.5, 0.6) is 0 Å². The molecule has 2 rings (SSSR count). The number of benzene rings is 1. The lowest BCUT2D eigenvalue weighted by Gasteiger charge is -2.07. The number of allylic oxidation sites excluding steroid dienone is 12. The first-order valence-corrected chi connectivity index (χ1v) is 8.51. The van der Waals surface area contributed by atoms with Crippen LogP contribution in [0, 0.1) is 0 Å². The second-order valence-corrected chi connectivity index (χ2v) is 5.66. The van der Waals surface area contributed by atoms with Crippen molar-refractivity contribution in [2.45, 2.75) is 32.1 Å². The minimum Gasteiger partial charge on any atom is -0.0813 e. The third kappa shape index (κ3) is 8.01. The van der Waals surface area contributed by atoms with Crippen molar-refractivity contribution in [3.8, 4) is 0 Å². The van der Waals surface area contributed by atoms with E-state index in [1.165, 1.54) is 36.8 Å². The van der Waals surface area contributed by atoms with Gasteiger partial charge in [0.25, 0.3) is 0 Å². The lowest BCUT2D eigenvalue weighted by atomic mass is 9.99. The van der Waals surface area contributed by atoms with Crippen molar-refractivity contribution >= 4 is 0 Å². The van der Waals surface area contributed by atoms with E-state index in [9.17, 15) is 0 Å². The van der Waals surface area contributed by atoms with Gasteiger partial charge >= 0.3 is 0 Å². The summed E-state index contributed by atoms with van der Waals surface area (Å²) >= 11 is 0. The Morgan fingerprint density at radius 2 is 1.43 bits per heavy atom. The van der Waals surface area contributed by atoms with E-state index in [0.717, 1.165) is 6.42 Å². The van der Waals surface area contributed by atoms with Gasteiger partial charge in [-0.1, -0.05) is 103 Å². The molecule has 1 aromatic carbocycles. The van der Waals surface area contributed by atoms with Crippen LogP contribution in [0.1, 0.15) is 31.2 Å². The van der Waals surface area contributed by atoms with E-state index in [4.69, 9.17) is 0 Å². The van der Waals surface area contributed by atoms with Crippen LogP contribution in [0.4, 0.5) is 0 Å². The third-order valence-electron chi connectivity index (χ3n) is 3.75. The second kappa shape index (κ2) is 11.3. The highest BCUT2D eigenvalue weighted by molar-refractivity contribution is 5.25. The summed E-state index contributed by atoms with van der Waals surface area (Å²) in [4.78, 5) is 0. The predicted molar refractivity (Wildman–Crippen MR) is 102 cm³/mol. The minimum absolute atomic E-state index is 0.982. The van der Waals surface area contributed by atoms with Crippen molar-refractivity contribution in [2.24, 2.45) is 0 Å². The van der Waals surface area contributed by atoms with Crippen molar-refractivity contribution in [1.29, 1.82) is 0 Å². The molecule has 0 N–H and O–H groups in total. The topological polar surface area (TPSA) is 0 Å². The highest BCUT2D eigenvalue weighted by atomic mass is 14.0. The maximum absolute atomic E-state index is 2.36. The summed E-state index contributed by atoms with van der Waals surface area (Å²) in [5.74, 6) is 0. The molecule has 0 bridgehead atoms. The molecule has 1 aliphatic rings. The summed E-state index contributed by atoms with van der Waals surface area (Å²) in [7, 11) is 0. The summed E-state index contributed by atoms with van der Waals surface area (Å²) in [6.07, 6.45) is 29.5. The Balaban J connectivity index is 1.62. The molecule has 1 aromatic rings. The molecule has 0 spiro atoms. The Kier molecular flexibility index (Phi) is 8.33. The quantitative estimate of drug-likeness (QED) is 0.504. The average molecular weight is 302 g/mol. The van der Waals surface area contributed by atoms with Gasteiger partial charge in [-0.3, -0.25) is 0 Å². The molecule has 118 valence electrons. The first kappa shape index (κ1) is 17.0. The fourth-order valence-electron chi connectivity index (χ4n) is 2.48. The summed E-state index contributed by atoms with van der Waals surface area (Å²) in [6, 6.07) is 10.5. The molecule has 0 aromatic heterocycles. The maximum atomic E-state index is 2.36. The SMILES string of the molecule is C1=C(/C=C/C=C/C=C/C=C/C=C/Cc2ccccc2)CCCC1. The lowest BCUT2D eigenvalue weighted by molar-refractivity contribution is 0.712. The van der Waals surface area contributed by atoms with Gasteiger partial charge in [0, 0.05) is 0 Å². The van der Waals surface area contributed by atoms with Crippen molar-refractivity contribution in [2.75, 3.05) is 0 Å². The molecule has 0 atom stereocenters. The zero-order chi connectivity index (χ0) is 16.0. The van der Waals surface area contributed by atoms with Crippen LogP contribution in [0.2, 0.25) is 0 Å². The van der Waals surface area contributed by atoms with E-state index in [-0.39, 0.29) is 0 Å². The van der Waals surface area contributed by atoms with Gasteiger partial charge in [0.05, 0.1) is 0 Å². The Morgan fingerprint density at radius 3 is 2.13 bits per heavy atom. The van der Waals surface area contributed by atoms with Crippen molar-refractivity contribution < 1.29 is 0 Å². The van der Waals surface area contributed by atoms with Crippen LogP contribution >= 0.6 is 0 Å². The summed E-state index contributed by atoms with van der Waals surface area (Å²) in [5, 5.41) is 0. The molecule has 0 heteroatoms. The standard InChI is InChI=1S/C23H26/c1(2-4-6-10-16-22-18-12-8-13-19-22)3-5-7-11-17-23-20-14-9-15-21-23/h1-8,10-13,17-20H,9,14-16,21H2/b3-1+,4-2+,7-5+,10-6+,17-11+. The zero-order valence-corrected chi connectivity index (χ0v) is 13.8. The highest BCUT2D eigenvalue weighted by Crippen LogP contribution is 2.17. The van der Waals surface area contributed by atoms with Crippen LogP contribution in [-0.2, 0) is 6.42 Å². The average Bonchev–Trinajstić information content (AvgIpc) is 2.61. The van der Waals surface area contributed by atoms with Gasteiger partial charge in [-0.2, -0.15) is 0 Å². The number of rotatable bonds is 7. The molecule has 0 nitrogen and oxygen atoms in total. The van der Waals surface area contributed by atoms with Crippen molar-refractivity contribution in [1.82, 2.24) is 0 Å². The lowest BCUT2D eigenvalue weighted by Crippen LogP contribution is -1.87. The monoisotopic (exact) mass is 302 g/mol. The third-order valence-corrected chi connectivity index (χ3v) is 3.75.